The molecule has 19 heavy (non-hydrogen) atoms. The van der Waals surface area contributed by atoms with Crippen molar-refractivity contribution in [2.45, 2.75) is 31.9 Å². The van der Waals surface area contributed by atoms with Crippen LogP contribution in [-0.2, 0) is 0 Å². The molecule has 1 fully saturated rings. The molecule has 0 saturated carbocycles. The molecular weight excluding hydrogens is 243 g/mol. The van der Waals surface area contributed by atoms with Crippen molar-refractivity contribution in [2.75, 3.05) is 32.1 Å². The molecule has 0 spiro atoms. The van der Waals surface area contributed by atoms with Crippen LogP contribution in [0.2, 0.25) is 0 Å². The van der Waals surface area contributed by atoms with Gasteiger partial charge in [-0.2, -0.15) is 0 Å². The van der Waals surface area contributed by atoms with E-state index in [1.807, 2.05) is 20.2 Å². The van der Waals surface area contributed by atoms with Crippen LogP contribution in [0.3, 0.4) is 0 Å². The molecular formula is C15H23FN2O. The van der Waals surface area contributed by atoms with Crippen LogP contribution in [0.4, 0.5) is 10.1 Å². The summed E-state index contributed by atoms with van der Waals surface area (Å²) < 4.78 is 14.2. The second kappa shape index (κ2) is 5.88. The molecule has 1 aromatic carbocycles. The van der Waals surface area contributed by atoms with E-state index in [-0.39, 0.29) is 5.82 Å². The maximum absolute atomic E-state index is 14.2. The van der Waals surface area contributed by atoms with Gasteiger partial charge in [-0.3, -0.25) is 0 Å². The Morgan fingerprint density at radius 3 is 2.84 bits per heavy atom. The maximum Gasteiger partial charge on any atom is 0.146 e. The van der Waals surface area contributed by atoms with E-state index < -0.39 is 6.10 Å². The average molecular weight is 266 g/mol. The van der Waals surface area contributed by atoms with E-state index in [4.69, 9.17) is 0 Å². The van der Waals surface area contributed by atoms with E-state index in [9.17, 15) is 9.50 Å². The first-order valence-corrected chi connectivity index (χ1v) is 6.88. The number of para-hydroxylation sites is 1. The van der Waals surface area contributed by atoms with Gasteiger partial charge in [0.25, 0.3) is 0 Å². The number of hydrogen-bond donors (Lipinski definition) is 1. The summed E-state index contributed by atoms with van der Waals surface area (Å²) in [5.41, 5.74) is 1.27. The SMILES string of the molecule is CC(O)c1cccc(F)c1N1CCCC1CN(C)C. The number of nitrogens with zero attached hydrogens (tertiary/aromatic N) is 2. The molecule has 0 amide bonds. The molecule has 0 aromatic heterocycles. The van der Waals surface area contributed by atoms with Gasteiger partial charge in [0.15, 0.2) is 0 Å². The zero-order valence-electron chi connectivity index (χ0n) is 11.9. The largest absolute Gasteiger partial charge is 0.389 e. The fourth-order valence-electron chi connectivity index (χ4n) is 2.91. The predicted octanol–water partition coefficient (Wildman–Crippen LogP) is 2.41. The summed E-state index contributed by atoms with van der Waals surface area (Å²) in [6, 6.07) is 5.28. The topological polar surface area (TPSA) is 26.7 Å². The van der Waals surface area contributed by atoms with Gasteiger partial charge in [-0.25, -0.2) is 4.39 Å². The lowest BCUT2D eigenvalue weighted by Crippen LogP contribution is -2.38. The quantitative estimate of drug-likeness (QED) is 0.906. The average Bonchev–Trinajstić information content (AvgIpc) is 2.75. The second-order valence-corrected chi connectivity index (χ2v) is 5.61. The Bertz CT molecular complexity index is 434. The highest BCUT2D eigenvalue weighted by molar-refractivity contribution is 5.57. The molecule has 106 valence electrons. The van der Waals surface area contributed by atoms with Crippen molar-refractivity contribution in [3.63, 3.8) is 0 Å². The predicted molar refractivity (Wildman–Crippen MR) is 76.0 cm³/mol. The minimum atomic E-state index is -0.647. The van der Waals surface area contributed by atoms with Crippen LogP contribution in [0.5, 0.6) is 0 Å². The van der Waals surface area contributed by atoms with Gasteiger partial charge >= 0.3 is 0 Å². The number of hydrogen-bond acceptors (Lipinski definition) is 3. The first-order valence-electron chi connectivity index (χ1n) is 6.88. The van der Waals surface area contributed by atoms with Gasteiger partial charge in [0.2, 0.25) is 0 Å². The Balaban J connectivity index is 2.34. The molecule has 2 atom stereocenters. The highest BCUT2D eigenvalue weighted by Gasteiger charge is 2.29. The van der Waals surface area contributed by atoms with E-state index in [2.05, 4.69) is 9.80 Å². The molecule has 1 aliphatic rings. The van der Waals surface area contributed by atoms with Crippen LogP contribution in [0.25, 0.3) is 0 Å². The van der Waals surface area contributed by atoms with Crippen molar-refractivity contribution < 1.29 is 9.50 Å². The summed E-state index contributed by atoms with van der Waals surface area (Å²) in [5, 5.41) is 9.85. The number of likely N-dealkylation sites (N-methyl/N-ethyl adjacent to an activating group) is 1. The zero-order chi connectivity index (χ0) is 14.0. The lowest BCUT2D eigenvalue weighted by atomic mass is 10.1. The Morgan fingerprint density at radius 2 is 2.21 bits per heavy atom. The van der Waals surface area contributed by atoms with Crippen LogP contribution in [0.1, 0.15) is 31.4 Å². The molecule has 1 heterocycles. The molecule has 1 aliphatic heterocycles. The number of anilines is 1. The number of rotatable bonds is 4. The van der Waals surface area contributed by atoms with E-state index in [0.29, 0.717) is 17.3 Å². The summed E-state index contributed by atoms with van der Waals surface area (Å²) in [5.74, 6) is -0.232. The number of aliphatic hydroxyl groups is 1. The maximum atomic E-state index is 14.2. The van der Waals surface area contributed by atoms with Gasteiger partial charge in [0.05, 0.1) is 11.8 Å². The van der Waals surface area contributed by atoms with Crippen molar-refractivity contribution in [1.82, 2.24) is 4.90 Å². The minimum Gasteiger partial charge on any atom is -0.389 e. The normalized spacial score (nSPS) is 21.2. The van der Waals surface area contributed by atoms with Crippen LogP contribution in [0, 0.1) is 5.82 Å². The van der Waals surface area contributed by atoms with Gasteiger partial charge < -0.3 is 14.9 Å². The first-order chi connectivity index (χ1) is 9.00. The summed E-state index contributed by atoms with van der Waals surface area (Å²) in [7, 11) is 4.07. The first kappa shape index (κ1) is 14.3. The van der Waals surface area contributed by atoms with Gasteiger partial charge in [0.1, 0.15) is 5.82 Å². The van der Waals surface area contributed by atoms with E-state index in [1.165, 1.54) is 6.07 Å². The monoisotopic (exact) mass is 266 g/mol. The van der Waals surface area contributed by atoms with E-state index in [0.717, 1.165) is 25.9 Å². The van der Waals surface area contributed by atoms with Crippen molar-refractivity contribution in [1.29, 1.82) is 0 Å². The van der Waals surface area contributed by atoms with Gasteiger partial charge in [-0.15, -0.1) is 0 Å². The Morgan fingerprint density at radius 1 is 1.47 bits per heavy atom. The molecule has 0 bridgehead atoms. The summed E-state index contributed by atoms with van der Waals surface area (Å²) in [6.45, 7) is 3.46. The van der Waals surface area contributed by atoms with Crippen molar-refractivity contribution in [3.05, 3.63) is 29.6 Å². The summed E-state index contributed by atoms with van der Waals surface area (Å²) in [4.78, 5) is 4.25. The molecule has 0 aliphatic carbocycles. The van der Waals surface area contributed by atoms with Crippen molar-refractivity contribution in [2.24, 2.45) is 0 Å². The lowest BCUT2D eigenvalue weighted by molar-refractivity contribution is 0.199. The summed E-state index contributed by atoms with van der Waals surface area (Å²) >= 11 is 0. The molecule has 4 heteroatoms. The van der Waals surface area contributed by atoms with Gasteiger partial charge in [-0.05, 0) is 39.9 Å². The Labute approximate surface area is 114 Å². The second-order valence-electron chi connectivity index (χ2n) is 5.61. The summed E-state index contributed by atoms with van der Waals surface area (Å²) in [6.07, 6.45) is 1.50. The zero-order valence-corrected chi connectivity index (χ0v) is 11.9. The molecule has 1 saturated heterocycles. The van der Waals surface area contributed by atoms with Crippen LogP contribution >= 0.6 is 0 Å². The third kappa shape index (κ3) is 3.07. The minimum absolute atomic E-state index is 0.232. The van der Waals surface area contributed by atoms with Gasteiger partial charge in [0, 0.05) is 24.7 Å². The third-order valence-electron chi connectivity index (χ3n) is 3.71. The fourth-order valence-corrected chi connectivity index (χ4v) is 2.91. The van der Waals surface area contributed by atoms with Crippen LogP contribution in [0.15, 0.2) is 18.2 Å². The Kier molecular flexibility index (Phi) is 4.42. The molecule has 0 radical (unpaired) electrons. The van der Waals surface area contributed by atoms with E-state index >= 15 is 0 Å². The molecule has 2 unspecified atom stereocenters. The third-order valence-corrected chi connectivity index (χ3v) is 3.71. The number of benzene rings is 1. The van der Waals surface area contributed by atoms with Crippen molar-refractivity contribution >= 4 is 5.69 Å². The smallest absolute Gasteiger partial charge is 0.146 e. The van der Waals surface area contributed by atoms with Crippen molar-refractivity contribution in [3.8, 4) is 0 Å². The Hall–Kier alpha value is -1.13. The molecule has 2 rings (SSSR count). The van der Waals surface area contributed by atoms with Gasteiger partial charge in [-0.1, -0.05) is 12.1 Å². The molecule has 1 N–H and O–H groups in total. The molecule has 1 aromatic rings. The molecule has 3 nitrogen and oxygen atoms in total. The fraction of sp³-hybridized carbons (Fsp3) is 0.600. The number of aliphatic hydroxyl groups excluding tert-OH is 1. The lowest BCUT2D eigenvalue weighted by Gasteiger charge is -2.31. The van der Waals surface area contributed by atoms with Crippen LogP contribution in [-0.4, -0.2) is 43.2 Å². The van der Waals surface area contributed by atoms with Crippen LogP contribution < -0.4 is 4.90 Å². The number of halogens is 1. The highest BCUT2D eigenvalue weighted by Crippen LogP contribution is 2.34. The standard InChI is InChI=1S/C15H23FN2O/c1-11(19)13-7-4-8-14(16)15(13)18-9-5-6-12(18)10-17(2)3/h4,7-8,11-12,19H,5-6,9-10H2,1-3H3. The highest BCUT2D eigenvalue weighted by atomic mass is 19.1. The van der Waals surface area contributed by atoms with E-state index in [1.54, 1.807) is 13.0 Å².